The Morgan fingerprint density at radius 2 is 1.79 bits per heavy atom. The molecule has 0 aliphatic carbocycles. The molecule has 14 heavy (non-hydrogen) atoms. The quantitative estimate of drug-likeness (QED) is 0.755. The van der Waals surface area contributed by atoms with Crippen molar-refractivity contribution in [2.75, 3.05) is 6.61 Å². The van der Waals surface area contributed by atoms with Crippen LogP contribution in [0.5, 0.6) is 0 Å². The van der Waals surface area contributed by atoms with Crippen LogP contribution in [0, 0.1) is 0 Å². The van der Waals surface area contributed by atoms with Crippen LogP contribution in [-0.2, 0) is 10.3 Å². The fourth-order valence-electron chi connectivity index (χ4n) is 1.08. The molecule has 0 aliphatic heterocycles. The van der Waals surface area contributed by atoms with E-state index in [0.717, 1.165) is 0 Å². The first-order valence-electron chi connectivity index (χ1n) is 4.30. The average molecular weight is 235 g/mol. The lowest BCUT2D eigenvalue weighted by molar-refractivity contribution is -0.0208. The third-order valence-electron chi connectivity index (χ3n) is 1.71. The molecule has 0 N–H and O–H groups in total. The molecule has 1 heterocycles. The maximum atomic E-state index is 5.77. The standard InChI is InChI=1S/C9H12Cl2N2O/c1-4-14-9(2,3)8-12-6(10)5-7(11)13-8/h5H,4H2,1-3H3. The van der Waals surface area contributed by atoms with Crippen molar-refractivity contribution in [1.82, 2.24) is 9.97 Å². The maximum Gasteiger partial charge on any atom is 0.163 e. The van der Waals surface area contributed by atoms with Crippen molar-refractivity contribution in [2.45, 2.75) is 26.4 Å². The summed E-state index contributed by atoms with van der Waals surface area (Å²) in [7, 11) is 0. The van der Waals surface area contributed by atoms with Gasteiger partial charge >= 0.3 is 0 Å². The van der Waals surface area contributed by atoms with Gasteiger partial charge in [-0.2, -0.15) is 0 Å². The second-order valence-corrected chi connectivity index (χ2v) is 4.05. The number of hydrogen-bond donors (Lipinski definition) is 0. The predicted octanol–water partition coefficient (Wildman–Crippen LogP) is 3.06. The van der Waals surface area contributed by atoms with E-state index in [1.165, 1.54) is 6.07 Å². The van der Waals surface area contributed by atoms with E-state index in [-0.39, 0.29) is 0 Å². The van der Waals surface area contributed by atoms with Gasteiger partial charge in [-0.05, 0) is 20.8 Å². The highest BCUT2D eigenvalue weighted by Gasteiger charge is 2.24. The summed E-state index contributed by atoms with van der Waals surface area (Å²) >= 11 is 11.5. The molecule has 1 rings (SSSR count). The van der Waals surface area contributed by atoms with Crippen LogP contribution in [0.1, 0.15) is 26.6 Å². The van der Waals surface area contributed by atoms with Gasteiger partial charge in [-0.3, -0.25) is 0 Å². The summed E-state index contributed by atoms with van der Waals surface area (Å²) in [5.74, 6) is 0.497. The van der Waals surface area contributed by atoms with Crippen molar-refractivity contribution in [2.24, 2.45) is 0 Å². The lowest BCUT2D eigenvalue weighted by atomic mass is 10.1. The summed E-state index contributed by atoms with van der Waals surface area (Å²) < 4.78 is 5.48. The fourth-order valence-corrected chi connectivity index (χ4v) is 1.51. The van der Waals surface area contributed by atoms with Gasteiger partial charge in [0.15, 0.2) is 5.82 Å². The van der Waals surface area contributed by atoms with Gasteiger partial charge in [0.1, 0.15) is 15.9 Å². The summed E-state index contributed by atoms with van der Waals surface area (Å²) in [5, 5.41) is 0.653. The molecule has 0 bridgehead atoms. The lowest BCUT2D eigenvalue weighted by Crippen LogP contribution is -2.24. The third-order valence-corrected chi connectivity index (χ3v) is 2.09. The Balaban J connectivity index is 3.05. The van der Waals surface area contributed by atoms with Crippen LogP contribution >= 0.6 is 23.2 Å². The first kappa shape index (κ1) is 11.7. The van der Waals surface area contributed by atoms with E-state index >= 15 is 0 Å². The SMILES string of the molecule is CCOC(C)(C)c1nc(Cl)cc(Cl)n1. The van der Waals surface area contributed by atoms with E-state index in [2.05, 4.69) is 9.97 Å². The average Bonchev–Trinajstić information content (AvgIpc) is 2.02. The Morgan fingerprint density at radius 3 is 2.21 bits per heavy atom. The summed E-state index contributed by atoms with van der Waals surface area (Å²) in [6.07, 6.45) is 0. The van der Waals surface area contributed by atoms with Crippen molar-refractivity contribution in [3.05, 3.63) is 22.2 Å². The summed E-state index contributed by atoms with van der Waals surface area (Å²) in [5.41, 5.74) is -0.566. The topological polar surface area (TPSA) is 35.0 Å². The second-order valence-electron chi connectivity index (χ2n) is 3.28. The second kappa shape index (κ2) is 4.43. The fraction of sp³-hybridized carbons (Fsp3) is 0.556. The van der Waals surface area contributed by atoms with Crippen LogP contribution in [0.2, 0.25) is 10.3 Å². The molecule has 3 nitrogen and oxygen atoms in total. The molecule has 0 saturated heterocycles. The minimum atomic E-state index is -0.566. The zero-order chi connectivity index (χ0) is 10.8. The van der Waals surface area contributed by atoms with Gasteiger partial charge in [-0.1, -0.05) is 23.2 Å². The Morgan fingerprint density at radius 1 is 1.29 bits per heavy atom. The molecule has 0 radical (unpaired) electrons. The van der Waals surface area contributed by atoms with Crippen molar-refractivity contribution in [3.63, 3.8) is 0 Å². The number of halogens is 2. The van der Waals surface area contributed by atoms with E-state index < -0.39 is 5.60 Å². The summed E-state index contributed by atoms with van der Waals surface area (Å²) in [4.78, 5) is 8.14. The van der Waals surface area contributed by atoms with Gasteiger partial charge < -0.3 is 4.74 Å². The Labute approximate surface area is 93.4 Å². The van der Waals surface area contributed by atoms with E-state index in [0.29, 0.717) is 22.7 Å². The molecular weight excluding hydrogens is 223 g/mol. The molecule has 1 aromatic rings. The van der Waals surface area contributed by atoms with Gasteiger partial charge in [0, 0.05) is 12.7 Å². The number of rotatable bonds is 3. The van der Waals surface area contributed by atoms with Gasteiger partial charge in [-0.15, -0.1) is 0 Å². The van der Waals surface area contributed by atoms with E-state index in [9.17, 15) is 0 Å². The van der Waals surface area contributed by atoms with Crippen molar-refractivity contribution in [1.29, 1.82) is 0 Å². The molecule has 0 aliphatic rings. The highest BCUT2D eigenvalue weighted by atomic mass is 35.5. The summed E-state index contributed by atoms with van der Waals surface area (Å²) in [6.45, 7) is 6.24. The minimum absolute atomic E-state index is 0.327. The smallest absolute Gasteiger partial charge is 0.163 e. The van der Waals surface area contributed by atoms with Crippen LogP contribution in [0.25, 0.3) is 0 Å². The molecule has 0 saturated carbocycles. The first-order chi connectivity index (χ1) is 6.45. The van der Waals surface area contributed by atoms with Crippen LogP contribution < -0.4 is 0 Å². The molecule has 0 unspecified atom stereocenters. The van der Waals surface area contributed by atoms with E-state index in [4.69, 9.17) is 27.9 Å². The van der Waals surface area contributed by atoms with E-state index in [1.807, 2.05) is 20.8 Å². The summed E-state index contributed by atoms with van der Waals surface area (Å²) in [6, 6.07) is 1.49. The molecule has 0 spiro atoms. The molecule has 5 heteroatoms. The maximum absolute atomic E-state index is 5.77. The zero-order valence-electron chi connectivity index (χ0n) is 8.34. The van der Waals surface area contributed by atoms with Crippen molar-refractivity contribution < 1.29 is 4.74 Å². The lowest BCUT2D eigenvalue weighted by Gasteiger charge is -2.22. The minimum Gasteiger partial charge on any atom is -0.368 e. The number of nitrogens with zero attached hydrogens (tertiary/aromatic N) is 2. The number of hydrogen-bond acceptors (Lipinski definition) is 3. The van der Waals surface area contributed by atoms with Gasteiger partial charge in [0.25, 0.3) is 0 Å². The monoisotopic (exact) mass is 234 g/mol. The molecule has 0 aromatic carbocycles. The van der Waals surface area contributed by atoms with Crippen LogP contribution in [0.15, 0.2) is 6.07 Å². The predicted molar refractivity (Wildman–Crippen MR) is 56.7 cm³/mol. The Kier molecular flexibility index (Phi) is 3.70. The highest BCUT2D eigenvalue weighted by Crippen LogP contribution is 2.24. The number of aromatic nitrogens is 2. The molecular formula is C9H12Cl2N2O. The zero-order valence-corrected chi connectivity index (χ0v) is 9.85. The third kappa shape index (κ3) is 2.80. The largest absolute Gasteiger partial charge is 0.368 e. The van der Waals surface area contributed by atoms with Crippen LogP contribution in [0.3, 0.4) is 0 Å². The van der Waals surface area contributed by atoms with Gasteiger partial charge in [0.05, 0.1) is 0 Å². The molecule has 0 atom stereocenters. The number of ether oxygens (including phenoxy) is 1. The Hall–Kier alpha value is -0.380. The normalized spacial score (nSPS) is 11.8. The van der Waals surface area contributed by atoms with E-state index in [1.54, 1.807) is 0 Å². The molecule has 0 fully saturated rings. The molecule has 78 valence electrons. The Bertz CT molecular complexity index is 308. The van der Waals surface area contributed by atoms with Gasteiger partial charge in [0.2, 0.25) is 0 Å². The molecule has 1 aromatic heterocycles. The first-order valence-corrected chi connectivity index (χ1v) is 5.06. The molecule has 0 amide bonds. The van der Waals surface area contributed by atoms with Crippen LogP contribution in [0.4, 0.5) is 0 Å². The van der Waals surface area contributed by atoms with Crippen LogP contribution in [-0.4, -0.2) is 16.6 Å². The van der Waals surface area contributed by atoms with Crippen molar-refractivity contribution >= 4 is 23.2 Å². The van der Waals surface area contributed by atoms with Gasteiger partial charge in [-0.25, -0.2) is 9.97 Å². The highest BCUT2D eigenvalue weighted by molar-refractivity contribution is 6.33. The van der Waals surface area contributed by atoms with Crippen molar-refractivity contribution in [3.8, 4) is 0 Å².